The summed E-state index contributed by atoms with van der Waals surface area (Å²) in [5.74, 6) is -1.10. The number of hydrogen-bond donors (Lipinski definition) is 1. The molecule has 2 rings (SSSR count). The highest BCUT2D eigenvalue weighted by molar-refractivity contribution is 8.27. The summed E-state index contributed by atoms with van der Waals surface area (Å²) in [6.45, 7) is 3.46. The third-order valence-corrected chi connectivity index (χ3v) is 4.31. The first-order valence-corrected chi connectivity index (χ1v) is 7.86. The zero-order chi connectivity index (χ0) is 15.2. The fourth-order valence-corrected chi connectivity index (χ4v) is 3.23. The number of anilines is 1. The zero-order valence-corrected chi connectivity index (χ0v) is 13.0. The van der Waals surface area contributed by atoms with Gasteiger partial charge in [-0.15, -0.1) is 0 Å². The maximum atomic E-state index is 12.3. The molecule has 1 N–H and O–H groups in total. The molecule has 0 aliphatic carbocycles. The van der Waals surface area contributed by atoms with E-state index in [2.05, 4.69) is 15.3 Å². The molecule has 0 spiro atoms. The Morgan fingerprint density at radius 2 is 1.81 bits per heavy atom. The number of rotatable bonds is 4. The van der Waals surface area contributed by atoms with Crippen LogP contribution in [0.5, 0.6) is 0 Å². The molecule has 0 aromatic carbocycles. The van der Waals surface area contributed by atoms with Gasteiger partial charge in [0.2, 0.25) is 5.95 Å². The summed E-state index contributed by atoms with van der Waals surface area (Å²) in [6.07, 6.45) is 2.70. The highest BCUT2D eigenvalue weighted by Gasteiger charge is 2.27. The Morgan fingerprint density at radius 1 is 1.19 bits per heavy atom. The first kappa shape index (κ1) is 15.6. The van der Waals surface area contributed by atoms with Gasteiger partial charge in [0.15, 0.2) is 0 Å². The van der Waals surface area contributed by atoms with Crippen LogP contribution in [0.1, 0.15) is 13.8 Å². The second-order valence-corrected chi connectivity index (χ2v) is 6.24. The van der Waals surface area contributed by atoms with Gasteiger partial charge in [-0.2, -0.15) is 0 Å². The van der Waals surface area contributed by atoms with Crippen molar-refractivity contribution in [3.8, 4) is 0 Å². The number of nitrogens with zero attached hydrogens (tertiary/aromatic N) is 2. The van der Waals surface area contributed by atoms with E-state index in [1.165, 1.54) is 35.9 Å². The maximum absolute atomic E-state index is 12.3. The van der Waals surface area contributed by atoms with E-state index in [-0.39, 0.29) is 17.6 Å². The fraction of sp³-hybridized carbons (Fsp3) is 0.231. The van der Waals surface area contributed by atoms with E-state index in [0.29, 0.717) is 4.24 Å². The molecule has 0 fully saturated rings. The van der Waals surface area contributed by atoms with Gasteiger partial charge in [-0.05, 0) is 30.7 Å². The van der Waals surface area contributed by atoms with Crippen molar-refractivity contribution >= 4 is 41.3 Å². The number of aromatic nitrogens is 2. The van der Waals surface area contributed by atoms with Crippen LogP contribution in [-0.2, 0) is 14.3 Å². The topological polar surface area (TPSA) is 81.2 Å². The molecule has 0 unspecified atom stereocenters. The molecule has 0 saturated heterocycles. The smallest absolute Gasteiger partial charge is 0.345 e. The number of carbonyl (C=O) groups excluding carboxylic acids is 2. The van der Waals surface area contributed by atoms with Gasteiger partial charge >= 0.3 is 5.97 Å². The predicted molar refractivity (Wildman–Crippen MR) is 83.2 cm³/mol. The lowest BCUT2D eigenvalue weighted by atomic mass is 10.3. The summed E-state index contributed by atoms with van der Waals surface area (Å²) in [7, 11) is 0. The molecule has 2 heterocycles. The Balaban J connectivity index is 2.21. The second kappa shape index (κ2) is 7.28. The summed E-state index contributed by atoms with van der Waals surface area (Å²) >= 11 is 2.61. The molecule has 1 amide bonds. The van der Waals surface area contributed by atoms with E-state index < -0.39 is 11.9 Å². The van der Waals surface area contributed by atoms with Gasteiger partial charge in [0.25, 0.3) is 5.91 Å². The lowest BCUT2D eigenvalue weighted by Crippen LogP contribution is -2.25. The molecule has 1 aromatic rings. The van der Waals surface area contributed by atoms with Crippen LogP contribution < -0.4 is 5.32 Å². The number of hydrogen-bond acceptors (Lipinski definition) is 7. The van der Waals surface area contributed by atoms with E-state index in [1.54, 1.807) is 30.7 Å². The molecule has 8 heteroatoms. The SMILES string of the molecule is CC(C)OC(=O)C(C(=O)Nc1ncccn1)=C1SC=CS1. The Hall–Kier alpha value is -1.80. The molecule has 1 aliphatic rings. The summed E-state index contributed by atoms with van der Waals surface area (Å²) < 4.78 is 5.71. The average Bonchev–Trinajstić information content (AvgIpc) is 2.93. The van der Waals surface area contributed by atoms with Gasteiger partial charge in [0.05, 0.1) is 10.3 Å². The van der Waals surface area contributed by atoms with Crippen LogP contribution >= 0.6 is 23.5 Å². The molecule has 110 valence electrons. The van der Waals surface area contributed by atoms with Crippen LogP contribution in [0, 0.1) is 0 Å². The quantitative estimate of drug-likeness (QED) is 0.394. The number of amides is 1. The van der Waals surface area contributed by atoms with Crippen molar-refractivity contribution in [3.63, 3.8) is 0 Å². The van der Waals surface area contributed by atoms with Crippen LogP contribution in [-0.4, -0.2) is 27.9 Å². The Morgan fingerprint density at radius 3 is 2.38 bits per heavy atom. The number of thioether (sulfide) groups is 2. The van der Waals surface area contributed by atoms with Gasteiger partial charge in [-0.25, -0.2) is 14.8 Å². The van der Waals surface area contributed by atoms with Crippen LogP contribution in [0.4, 0.5) is 5.95 Å². The normalized spacial score (nSPS) is 13.4. The average molecular weight is 323 g/mol. The zero-order valence-electron chi connectivity index (χ0n) is 11.4. The standard InChI is InChI=1S/C13H13N3O3S2/c1-8(2)19-11(18)9(12-20-6-7-21-12)10(17)16-13-14-4-3-5-15-13/h3-8H,1-2H3,(H,14,15,16,17). The molecule has 1 aliphatic heterocycles. The summed E-state index contributed by atoms with van der Waals surface area (Å²) in [5.41, 5.74) is -0.0313. The minimum absolute atomic E-state index is 0.0313. The minimum Gasteiger partial charge on any atom is -0.459 e. The van der Waals surface area contributed by atoms with Crippen molar-refractivity contribution in [1.29, 1.82) is 0 Å². The molecular weight excluding hydrogens is 310 g/mol. The summed E-state index contributed by atoms with van der Waals surface area (Å²) in [4.78, 5) is 32.3. The third kappa shape index (κ3) is 4.33. The van der Waals surface area contributed by atoms with Gasteiger partial charge in [-0.1, -0.05) is 23.5 Å². The summed E-state index contributed by atoms with van der Waals surface area (Å²) in [6, 6.07) is 1.63. The molecule has 6 nitrogen and oxygen atoms in total. The number of carbonyl (C=O) groups is 2. The number of esters is 1. The van der Waals surface area contributed by atoms with Gasteiger partial charge in [0, 0.05) is 12.4 Å². The van der Waals surface area contributed by atoms with Gasteiger partial charge < -0.3 is 4.74 Å². The van der Waals surface area contributed by atoms with Crippen molar-refractivity contribution in [1.82, 2.24) is 9.97 Å². The number of nitrogens with one attached hydrogen (secondary N) is 1. The van der Waals surface area contributed by atoms with E-state index in [0.717, 1.165) is 0 Å². The molecule has 0 saturated carbocycles. The Kier molecular flexibility index (Phi) is 5.40. The lowest BCUT2D eigenvalue weighted by molar-refractivity contribution is -0.143. The fourth-order valence-electron chi connectivity index (χ4n) is 1.39. The van der Waals surface area contributed by atoms with E-state index in [9.17, 15) is 9.59 Å². The van der Waals surface area contributed by atoms with Crippen LogP contribution in [0.15, 0.2) is 39.1 Å². The van der Waals surface area contributed by atoms with Crippen molar-refractivity contribution < 1.29 is 14.3 Å². The molecule has 1 aromatic heterocycles. The molecule has 0 bridgehead atoms. The van der Waals surface area contributed by atoms with Gasteiger partial charge in [0.1, 0.15) is 5.57 Å². The third-order valence-electron chi connectivity index (χ3n) is 2.17. The molecule has 0 atom stereocenters. The first-order valence-electron chi connectivity index (χ1n) is 6.10. The Bertz CT molecular complexity index is 590. The predicted octanol–water partition coefficient (Wildman–Crippen LogP) is 2.53. The van der Waals surface area contributed by atoms with Crippen molar-refractivity contribution in [2.75, 3.05) is 5.32 Å². The number of ether oxygens (including phenoxy) is 1. The minimum atomic E-state index is -0.655. The molecular formula is C13H13N3O3S2. The Labute approximate surface area is 130 Å². The molecule has 21 heavy (non-hydrogen) atoms. The second-order valence-electron chi connectivity index (χ2n) is 4.15. The van der Waals surface area contributed by atoms with Crippen molar-refractivity contribution in [3.05, 3.63) is 39.1 Å². The first-order chi connectivity index (χ1) is 10.1. The van der Waals surface area contributed by atoms with E-state index in [1.807, 2.05) is 0 Å². The maximum Gasteiger partial charge on any atom is 0.345 e. The highest BCUT2D eigenvalue weighted by Crippen LogP contribution is 2.40. The van der Waals surface area contributed by atoms with E-state index >= 15 is 0 Å². The van der Waals surface area contributed by atoms with Crippen molar-refractivity contribution in [2.45, 2.75) is 20.0 Å². The van der Waals surface area contributed by atoms with Crippen LogP contribution in [0.3, 0.4) is 0 Å². The van der Waals surface area contributed by atoms with Gasteiger partial charge in [-0.3, -0.25) is 10.1 Å². The largest absolute Gasteiger partial charge is 0.459 e. The van der Waals surface area contributed by atoms with Crippen molar-refractivity contribution in [2.24, 2.45) is 0 Å². The monoisotopic (exact) mass is 323 g/mol. The summed E-state index contributed by atoms with van der Waals surface area (Å²) in [5, 5.41) is 6.10. The van der Waals surface area contributed by atoms with Crippen LogP contribution in [0.2, 0.25) is 0 Å². The lowest BCUT2D eigenvalue weighted by Gasteiger charge is -2.12. The highest BCUT2D eigenvalue weighted by atomic mass is 32.2. The van der Waals surface area contributed by atoms with E-state index in [4.69, 9.17) is 4.74 Å². The molecule has 0 radical (unpaired) electrons. The van der Waals surface area contributed by atoms with Crippen LogP contribution in [0.25, 0.3) is 0 Å².